The average Bonchev–Trinajstić information content (AvgIpc) is 2.40. The molecular weight excluding hydrogens is 206 g/mol. The third-order valence-corrected chi connectivity index (χ3v) is 4.20. The molecule has 1 aromatic rings. The highest BCUT2D eigenvalue weighted by Gasteiger charge is 2.35. The fourth-order valence-corrected chi connectivity index (χ4v) is 3.11. The molecule has 1 nitrogen and oxygen atoms in total. The molecule has 1 unspecified atom stereocenters. The molecule has 0 saturated carbocycles. The van der Waals surface area contributed by atoms with Gasteiger partial charge in [-0.05, 0) is 31.9 Å². The summed E-state index contributed by atoms with van der Waals surface area (Å²) in [5.41, 5.74) is 1.77. The molecule has 0 aliphatic rings. The van der Waals surface area contributed by atoms with Crippen molar-refractivity contribution in [3.63, 3.8) is 0 Å². The maximum atomic E-state index is 3.54. The van der Waals surface area contributed by atoms with Crippen LogP contribution in [0.3, 0.4) is 0 Å². The fourth-order valence-electron chi connectivity index (χ4n) is 3.11. The minimum absolute atomic E-state index is 0.284. The number of hydrogen-bond donors (Lipinski definition) is 1. The van der Waals surface area contributed by atoms with Gasteiger partial charge in [-0.1, -0.05) is 57.5 Å². The van der Waals surface area contributed by atoms with Crippen LogP contribution in [0, 0.1) is 0 Å². The number of benzene rings is 1. The lowest BCUT2D eigenvalue weighted by molar-refractivity contribution is 0.268. The first-order valence-corrected chi connectivity index (χ1v) is 6.97. The molecule has 1 aromatic carbocycles. The zero-order chi connectivity index (χ0) is 12.7. The van der Waals surface area contributed by atoms with Crippen LogP contribution in [0.1, 0.15) is 52.0 Å². The molecular formula is C16H27N. The summed E-state index contributed by atoms with van der Waals surface area (Å²) in [5, 5.41) is 3.54. The Morgan fingerprint density at radius 2 is 1.65 bits per heavy atom. The number of hydrogen-bond acceptors (Lipinski definition) is 1. The first-order valence-electron chi connectivity index (χ1n) is 6.97. The van der Waals surface area contributed by atoms with E-state index in [9.17, 15) is 0 Å². The van der Waals surface area contributed by atoms with Gasteiger partial charge in [-0.2, -0.15) is 0 Å². The largest absolute Gasteiger partial charge is 0.316 e. The van der Waals surface area contributed by atoms with Crippen molar-refractivity contribution >= 4 is 0 Å². The number of nitrogens with one attached hydrogen (secondary N) is 1. The first kappa shape index (κ1) is 14.2. The molecule has 0 heterocycles. The van der Waals surface area contributed by atoms with E-state index in [0.717, 1.165) is 0 Å². The van der Waals surface area contributed by atoms with E-state index in [1.807, 2.05) is 0 Å². The summed E-state index contributed by atoms with van der Waals surface area (Å²) in [6.07, 6.45) is 4.87. The monoisotopic (exact) mass is 233 g/mol. The van der Waals surface area contributed by atoms with E-state index in [2.05, 4.69) is 63.5 Å². The fraction of sp³-hybridized carbons (Fsp3) is 0.625. The zero-order valence-electron chi connectivity index (χ0n) is 11.8. The molecule has 0 bridgehead atoms. The quantitative estimate of drug-likeness (QED) is 0.746. The van der Waals surface area contributed by atoms with Crippen molar-refractivity contribution < 1.29 is 0 Å². The lowest BCUT2D eigenvalue weighted by atomic mass is 9.69. The van der Waals surface area contributed by atoms with E-state index >= 15 is 0 Å². The number of rotatable bonds is 7. The summed E-state index contributed by atoms with van der Waals surface area (Å²) >= 11 is 0. The van der Waals surface area contributed by atoms with Gasteiger partial charge < -0.3 is 5.32 Å². The Labute approximate surface area is 107 Å². The Hall–Kier alpha value is -0.820. The van der Waals surface area contributed by atoms with Crippen LogP contribution in [0.25, 0.3) is 0 Å². The van der Waals surface area contributed by atoms with E-state index < -0.39 is 0 Å². The van der Waals surface area contributed by atoms with Gasteiger partial charge in [-0.3, -0.25) is 0 Å². The maximum absolute atomic E-state index is 3.54. The Morgan fingerprint density at radius 3 is 2.06 bits per heavy atom. The van der Waals surface area contributed by atoms with E-state index in [-0.39, 0.29) is 5.41 Å². The van der Waals surface area contributed by atoms with Gasteiger partial charge in [0.25, 0.3) is 0 Å². The molecule has 0 aromatic heterocycles. The lowest BCUT2D eigenvalue weighted by Gasteiger charge is -2.40. The number of likely N-dealkylation sites (N-methyl/N-ethyl adjacent to an activating group) is 1. The third-order valence-electron chi connectivity index (χ3n) is 4.20. The molecule has 1 atom stereocenters. The van der Waals surface area contributed by atoms with E-state index in [4.69, 9.17) is 0 Å². The molecule has 17 heavy (non-hydrogen) atoms. The van der Waals surface area contributed by atoms with Crippen LogP contribution in [0.15, 0.2) is 30.3 Å². The van der Waals surface area contributed by atoms with Crippen molar-refractivity contribution in [1.82, 2.24) is 5.32 Å². The molecule has 0 saturated heterocycles. The van der Waals surface area contributed by atoms with Crippen molar-refractivity contribution in [2.45, 2.75) is 57.9 Å². The molecule has 1 N–H and O–H groups in total. The normalized spacial score (nSPS) is 13.6. The first-order chi connectivity index (χ1) is 8.25. The van der Waals surface area contributed by atoms with Gasteiger partial charge in [0.1, 0.15) is 0 Å². The SMILES string of the molecule is CCCC(NC)C(CC)(CC)c1ccccc1. The zero-order valence-corrected chi connectivity index (χ0v) is 11.8. The second-order valence-electron chi connectivity index (χ2n) is 4.86. The van der Waals surface area contributed by atoms with E-state index in [1.165, 1.54) is 31.2 Å². The summed E-state index contributed by atoms with van der Waals surface area (Å²) in [7, 11) is 2.10. The minimum atomic E-state index is 0.284. The molecule has 0 fully saturated rings. The van der Waals surface area contributed by atoms with Crippen LogP contribution in [0.2, 0.25) is 0 Å². The van der Waals surface area contributed by atoms with Crippen LogP contribution in [0.4, 0.5) is 0 Å². The lowest BCUT2D eigenvalue weighted by Crippen LogP contribution is -2.46. The van der Waals surface area contributed by atoms with Crippen molar-refractivity contribution in [3.05, 3.63) is 35.9 Å². The third kappa shape index (κ3) is 2.90. The van der Waals surface area contributed by atoms with Gasteiger partial charge in [0.2, 0.25) is 0 Å². The predicted molar refractivity (Wildman–Crippen MR) is 76.5 cm³/mol. The van der Waals surface area contributed by atoms with Crippen molar-refractivity contribution in [2.75, 3.05) is 7.05 Å². The van der Waals surface area contributed by atoms with E-state index in [0.29, 0.717) is 6.04 Å². The Morgan fingerprint density at radius 1 is 1.06 bits per heavy atom. The van der Waals surface area contributed by atoms with Gasteiger partial charge in [0, 0.05) is 11.5 Å². The molecule has 96 valence electrons. The summed E-state index contributed by atoms with van der Waals surface area (Å²) in [5.74, 6) is 0. The standard InChI is InChI=1S/C16H27N/c1-5-11-15(17-4)16(6-2,7-3)14-12-9-8-10-13-14/h8-10,12-13,15,17H,5-7,11H2,1-4H3. The van der Waals surface area contributed by atoms with Crippen LogP contribution < -0.4 is 5.32 Å². The second kappa shape index (κ2) is 6.80. The second-order valence-corrected chi connectivity index (χ2v) is 4.86. The molecule has 0 aliphatic carbocycles. The van der Waals surface area contributed by atoms with Crippen LogP contribution in [-0.2, 0) is 5.41 Å². The van der Waals surface area contributed by atoms with Crippen LogP contribution in [0.5, 0.6) is 0 Å². The van der Waals surface area contributed by atoms with Crippen molar-refractivity contribution in [1.29, 1.82) is 0 Å². The van der Waals surface area contributed by atoms with Crippen molar-refractivity contribution in [2.24, 2.45) is 0 Å². The summed E-state index contributed by atoms with van der Waals surface area (Å²) < 4.78 is 0. The van der Waals surface area contributed by atoms with Gasteiger partial charge in [-0.15, -0.1) is 0 Å². The van der Waals surface area contributed by atoms with Gasteiger partial charge in [0.05, 0.1) is 0 Å². The van der Waals surface area contributed by atoms with E-state index in [1.54, 1.807) is 0 Å². The summed E-state index contributed by atoms with van der Waals surface area (Å²) in [4.78, 5) is 0. The molecule has 0 spiro atoms. The Balaban J connectivity index is 3.11. The minimum Gasteiger partial charge on any atom is -0.316 e. The Bertz CT molecular complexity index is 301. The summed E-state index contributed by atoms with van der Waals surface area (Å²) in [6, 6.07) is 11.6. The van der Waals surface area contributed by atoms with Crippen molar-refractivity contribution in [3.8, 4) is 0 Å². The molecule has 1 heteroatoms. The predicted octanol–water partition coefficient (Wildman–Crippen LogP) is 4.13. The van der Waals surface area contributed by atoms with Crippen LogP contribution >= 0.6 is 0 Å². The van der Waals surface area contributed by atoms with Crippen LogP contribution in [-0.4, -0.2) is 13.1 Å². The smallest absolute Gasteiger partial charge is 0.0161 e. The summed E-state index contributed by atoms with van der Waals surface area (Å²) in [6.45, 7) is 6.90. The average molecular weight is 233 g/mol. The van der Waals surface area contributed by atoms with Gasteiger partial charge in [0.15, 0.2) is 0 Å². The highest BCUT2D eigenvalue weighted by atomic mass is 14.9. The molecule has 1 rings (SSSR count). The molecule has 0 amide bonds. The highest BCUT2D eigenvalue weighted by molar-refractivity contribution is 5.27. The Kier molecular flexibility index (Phi) is 5.70. The van der Waals surface area contributed by atoms with Gasteiger partial charge >= 0.3 is 0 Å². The molecule has 0 radical (unpaired) electrons. The topological polar surface area (TPSA) is 12.0 Å². The molecule has 0 aliphatic heterocycles. The highest BCUT2D eigenvalue weighted by Crippen LogP contribution is 2.36. The maximum Gasteiger partial charge on any atom is 0.0161 e. The van der Waals surface area contributed by atoms with Gasteiger partial charge in [-0.25, -0.2) is 0 Å².